The van der Waals surface area contributed by atoms with Crippen molar-refractivity contribution in [2.24, 2.45) is 0 Å². The van der Waals surface area contributed by atoms with Gasteiger partial charge in [-0.2, -0.15) is 0 Å². The predicted octanol–water partition coefficient (Wildman–Crippen LogP) is 2.78. The Hall–Kier alpha value is -1.05. The fourth-order valence-corrected chi connectivity index (χ4v) is 1.84. The lowest BCUT2D eigenvalue weighted by molar-refractivity contribution is -0.136. The van der Waals surface area contributed by atoms with E-state index in [1.54, 1.807) is 14.0 Å². The van der Waals surface area contributed by atoms with E-state index in [1.165, 1.54) is 7.11 Å². The number of hydrogen-bond acceptors (Lipinski definition) is 3. The van der Waals surface area contributed by atoms with Gasteiger partial charge in [0.25, 0.3) is 0 Å². The van der Waals surface area contributed by atoms with Gasteiger partial charge >= 0.3 is 5.97 Å². The van der Waals surface area contributed by atoms with Crippen molar-refractivity contribution in [2.45, 2.75) is 45.5 Å². The maximum atomic E-state index is 11.2. The van der Waals surface area contributed by atoms with Gasteiger partial charge in [0.2, 0.25) is 0 Å². The van der Waals surface area contributed by atoms with Crippen LogP contribution in [0.3, 0.4) is 0 Å². The zero-order chi connectivity index (χ0) is 14.2. The topological polar surface area (TPSA) is 35.5 Å². The van der Waals surface area contributed by atoms with Crippen LogP contribution in [0, 0.1) is 11.5 Å². The maximum absolute atomic E-state index is 11.2. The molecule has 0 aliphatic rings. The highest BCUT2D eigenvalue weighted by atomic mass is 28.3. The highest BCUT2D eigenvalue weighted by molar-refractivity contribution is 6.83. The van der Waals surface area contributed by atoms with Gasteiger partial charge in [0.15, 0.2) is 0 Å². The summed E-state index contributed by atoms with van der Waals surface area (Å²) in [4.78, 5) is 11.2. The molecule has 0 aromatic heterocycles. The van der Waals surface area contributed by atoms with Crippen LogP contribution < -0.4 is 0 Å². The van der Waals surface area contributed by atoms with Crippen molar-refractivity contribution in [2.75, 3.05) is 14.2 Å². The van der Waals surface area contributed by atoms with Gasteiger partial charge in [0, 0.05) is 12.7 Å². The Labute approximate surface area is 112 Å². The summed E-state index contributed by atoms with van der Waals surface area (Å²) in [6.07, 6.45) is 3.37. The molecule has 0 aliphatic heterocycles. The number of methoxy groups -OCH3 is 2. The van der Waals surface area contributed by atoms with E-state index in [9.17, 15) is 4.79 Å². The van der Waals surface area contributed by atoms with Gasteiger partial charge in [-0.25, -0.2) is 4.79 Å². The van der Waals surface area contributed by atoms with Crippen LogP contribution in [0.5, 0.6) is 0 Å². The number of ether oxygens (including phenoxy) is 2. The monoisotopic (exact) mass is 268 g/mol. The van der Waals surface area contributed by atoms with Gasteiger partial charge < -0.3 is 9.47 Å². The van der Waals surface area contributed by atoms with Crippen LogP contribution in [0.15, 0.2) is 11.6 Å². The van der Waals surface area contributed by atoms with Crippen molar-refractivity contribution >= 4 is 14.0 Å². The molecule has 0 heterocycles. The summed E-state index contributed by atoms with van der Waals surface area (Å²) in [5.41, 5.74) is 3.93. The van der Waals surface area contributed by atoms with E-state index in [1.807, 2.05) is 6.08 Å². The number of carbonyl (C=O) groups is 1. The Bertz CT molecular complexity index is 355. The van der Waals surface area contributed by atoms with E-state index in [4.69, 9.17) is 4.74 Å². The predicted molar refractivity (Wildman–Crippen MR) is 76.9 cm³/mol. The van der Waals surface area contributed by atoms with Gasteiger partial charge in [0.1, 0.15) is 14.2 Å². The van der Waals surface area contributed by atoms with Crippen molar-refractivity contribution in [3.05, 3.63) is 11.6 Å². The molecule has 0 bridgehead atoms. The first-order valence-electron chi connectivity index (χ1n) is 6.10. The number of rotatable bonds is 5. The lowest BCUT2D eigenvalue weighted by Gasteiger charge is -2.09. The molecule has 0 radical (unpaired) electrons. The molecule has 0 fully saturated rings. The standard InChI is InChI=1S/C14H24O3Si/c1-12(14(15)17-3)8-7-9-13(16-2)10-11-18(4,5)6/h8,13H,7,9H2,1-6H3/b12-8-/t13-/m0/s1. The highest BCUT2D eigenvalue weighted by Crippen LogP contribution is 2.06. The summed E-state index contributed by atoms with van der Waals surface area (Å²) in [7, 11) is 1.70. The Morgan fingerprint density at radius 2 is 1.94 bits per heavy atom. The number of hydrogen-bond donors (Lipinski definition) is 0. The molecule has 0 saturated heterocycles. The summed E-state index contributed by atoms with van der Waals surface area (Å²) < 4.78 is 9.94. The van der Waals surface area contributed by atoms with E-state index in [0.29, 0.717) is 5.57 Å². The molecule has 0 amide bonds. The van der Waals surface area contributed by atoms with E-state index < -0.39 is 8.07 Å². The minimum Gasteiger partial charge on any atom is -0.466 e. The molecular weight excluding hydrogens is 244 g/mol. The molecule has 0 aromatic rings. The van der Waals surface area contributed by atoms with E-state index >= 15 is 0 Å². The second kappa shape index (κ2) is 8.12. The normalized spacial score (nSPS) is 13.6. The molecule has 0 aliphatic carbocycles. The average Bonchev–Trinajstić information content (AvgIpc) is 2.30. The molecular formula is C14H24O3Si. The second-order valence-corrected chi connectivity index (χ2v) is 9.95. The Morgan fingerprint density at radius 1 is 1.33 bits per heavy atom. The molecule has 0 unspecified atom stereocenters. The van der Waals surface area contributed by atoms with Gasteiger partial charge in [-0.3, -0.25) is 0 Å². The summed E-state index contributed by atoms with van der Waals surface area (Å²) in [6.45, 7) is 8.36. The van der Waals surface area contributed by atoms with Crippen molar-refractivity contribution < 1.29 is 14.3 Å². The Balaban J connectivity index is 4.32. The molecule has 4 heteroatoms. The smallest absolute Gasteiger partial charge is 0.333 e. The van der Waals surface area contributed by atoms with Crippen LogP contribution in [-0.4, -0.2) is 34.4 Å². The van der Waals surface area contributed by atoms with Crippen LogP contribution in [0.4, 0.5) is 0 Å². The zero-order valence-electron chi connectivity index (χ0n) is 12.3. The molecule has 3 nitrogen and oxygen atoms in total. The first-order valence-corrected chi connectivity index (χ1v) is 9.60. The molecule has 0 N–H and O–H groups in total. The lowest BCUT2D eigenvalue weighted by Crippen LogP contribution is -2.18. The summed E-state index contributed by atoms with van der Waals surface area (Å²) in [5.74, 6) is 2.89. The van der Waals surface area contributed by atoms with Gasteiger partial charge in [0.05, 0.1) is 7.11 Å². The largest absolute Gasteiger partial charge is 0.466 e. The average molecular weight is 268 g/mol. The van der Waals surface area contributed by atoms with E-state index in [2.05, 4.69) is 35.8 Å². The quantitative estimate of drug-likeness (QED) is 0.333. The molecule has 18 heavy (non-hydrogen) atoms. The minimum absolute atomic E-state index is 0.0570. The van der Waals surface area contributed by atoms with Crippen LogP contribution in [0.1, 0.15) is 19.8 Å². The van der Waals surface area contributed by atoms with E-state index in [0.717, 1.165) is 12.8 Å². The van der Waals surface area contributed by atoms with Gasteiger partial charge in [-0.15, -0.1) is 5.54 Å². The number of allylic oxidation sites excluding steroid dienone is 1. The van der Waals surface area contributed by atoms with Crippen molar-refractivity contribution in [1.82, 2.24) is 0 Å². The number of esters is 1. The molecule has 1 atom stereocenters. The van der Waals surface area contributed by atoms with E-state index in [-0.39, 0.29) is 12.1 Å². The summed E-state index contributed by atoms with van der Waals surface area (Å²) in [6, 6.07) is 0. The molecule has 0 saturated carbocycles. The first kappa shape index (κ1) is 16.9. The van der Waals surface area contributed by atoms with Crippen LogP contribution in [-0.2, 0) is 14.3 Å². The lowest BCUT2D eigenvalue weighted by atomic mass is 10.1. The third-order valence-corrected chi connectivity index (χ3v) is 3.17. The van der Waals surface area contributed by atoms with Crippen molar-refractivity contribution in [3.8, 4) is 11.5 Å². The Kier molecular flexibility index (Phi) is 7.64. The van der Waals surface area contributed by atoms with Crippen molar-refractivity contribution in [3.63, 3.8) is 0 Å². The fourth-order valence-electron chi connectivity index (χ4n) is 1.24. The molecule has 0 aromatic carbocycles. The van der Waals surface area contributed by atoms with Gasteiger partial charge in [-0.05, 0) is 19.8 Å². The highest BCUT2D eigenvalue weighted by Gasteiger charge is 2.09. The Morgan fingerprint density at radius 3 is 2.39 bits per heavy atom. The number of carbonyl (C=O) groups excluding carboxylic acids is 1. The van der Waals surface area contributed by atoms with Gasteiger partial charge in [-0.1, -0.05) is 31.6 Å². The van der Waals surface area contributed by atoms with Crippen LogP contribution >= 0.6 is 0 Å². The fraction of sp³-hybridized carbons (Fsp3) is 0.643. The second-order valence-electron chi connectivity index (χ2n) is 5.20. The molecule has 0 rings (SSSR count). The van der Waals surface area contributed by atoms with Crippen LogP contribution in [0.2, 0.25) is 19.6 Å². The molecule has 0 spiro atoms. The van der Waals surface area contributed by atoms with Crippen LogP contribution in [0.25, 0.3) is 0 Å². The maximum Gasteiger partial charge on any atom is 0.333 e. The third-order valence-electron chi connectivity index (χ3n) is 2.28. The minimum atomic E-state index is -1.35. The summed E-state index contributed by atoms with van der Waals surface area (Å²) >= 11 is 0. The third kappa shape index (κ3) is 8.10. The first-order chi connectivity index (χ1) is 8.30. The SMILES string of the molecule is COC(=O)/C(C)=C\CC[C@@H](C#C[Si](C)(C)C)OC. The van der Waals surface area contributed by atoms with Crippen molar-refractivity contribution in [1.29, 1.82) is 0 Å². The zero-order valence-corrected chi connectivity index (χ0v) is 13.3. The molecule has 102 valence electrons. The summed E-state index contributed by atoms with van der Waals surface area (Å²) in [5, 5.41) is 0.